The van der Waals surface area contributed by atoms with E-state index < -0.39 is 0 Å². The highest BCUT2D eigenvalue weighted by Crippen LogP contribution is 2.22. The summed E-state index contributed by atoms with van der Waals surface area (Å²) in [5, 5.41) is 4.57. The lowest BCUT2D eigenvalue weighted by atomic mass is 10.2. The summed E-state index contributed by atoms with van der Waals surface area (Å²) in [5.74, 6) is 0. The molecule has 4 heteroatoms. The summed E-state index contributed by atoms with van der Waals surface area (Å²) in [7, 11) is 0. The maximum absolute atomic E-state index is 4.57. The van der Waals surface area contributed by atoms with Crippen LogP contribution in [-0.2, 0) is 13.1 Å². The third kappa shape index (κ3) is 4.17. The minimum absolute atomic E-state index is 0.701. The second-order valence-corrected chi connectivity index (χ2v) is 6.00. The Morgan fingerprint density at radius 1 is 1.43 bits per heavy atom. The van der Waals surface area contributed by atoms with Gasteiger partial charge in [0, 0.05) is 30.9 Å². The van der Waals surface area contributed by atoms with Crippen LogP contribution in [0.25, 0.3) is 0 Å². The highest BCUT2D eigenvalue weighted by molar-refractivity contribution is 5.16. The largest absolute Gasteiger partial charge is 0.302 e. The fraction of sp³-hybridized carbons (Fsp3) is 0.706. The molecule has 0 radical (unpaired) electrons. The van der Waals surface area contributed by atoms with Crippen molar-refractivity contribution in [1.82, 2.24) is 19.6 Å². The van der Waals surface area contributed by atoms with Crippen molar-refractivity contribution in [2.45, 2.75) is 52.7 Å². The summed E-state index contributed by atoms with van der Waals surface area (Å²) < 4.78 is 1.99. The van der Waals surface area contributed by atoms with Crippen LogP contribution in [0.2, 0.25) is 0 Å². The number of aromatic nitrogens is 2. The standard InChI is InChI=1S/C17H30N4/c1-5-10-21-13-16(15(4)18-21)12-20-11-8-9-17(20)14-19(6-2)7-3/h5,13,17H,1,6-12,14H2,2-4H3/t17-/m1/s1. The van der Waals surface area contributed by atoms with Crippen LogP contribution in [-0.4, -0.2) is 51.8 Å². The first-order chi connectivity index (χ1) is 10.2. The molecular weight excluding hydrogens is 260 g/mol. The molecule has 0 aliphatic carbocycles. The molecule has 1 aliphatic heterocycles. The van der Waals surface area contributed by atoms with Crippen LogP contribution < -0.4 is 0 Å². The quantitative estimate of drug-likeness (QED) is 0.688. The Kier molecular flexibility index (Phi) is 6.00. The lowest BCUT2D eigenvalue weighted by Gasteiger charge is -2.29. The van der Waals surface area contributed by atoms with Gasteiger partial charge >= 0.3 is 0 Å². The maximum atomic E-state index is 4.57. The van der Waals surface area contributed by atoms with E-state index in [2.05, 4.69) is 48.4 Å². The van der Waals surface area contributed by atoms with Gasteiger partial charge in [-0.15, -0.1) is 6.58 Å². The summed E-state index contributed by atoms with van der Waals surface area (Å²) in [6.45, 7) is 17.0. The van der Waals surface area contributed by atoms with Gasteiger partial charge in [-0.3, -0.25) is 9.58 Å². The Morgan fingerprint density at radius 2 is 2.19 bits per heavy atom. The Balaban J connectivity index is 1.98. The number of hydrogen-bond acceptors (Lipinski definition) is 3. The monoisotopic (exact) mass is 290 g/mol. The second-order valence-electron chi connectivity index (χ2n) is 6.00. The molecule has 1 aromatic rings. The lowest BCUT2D eigenvalue weighted by molar-refractivity contribution is 0.175. The fourth-order valence-corrected chi connectivity index (χ4v) is 3.25. The molecule has 4 nitrogen and oxygen atoms in total. The van der Waals surface area contributed by atoms with Crippen LogP contribution in [0.4, 0.5) is 0 Å². The van der Waals surface area contributed by atoms with Crippen molar-refractivity contribution < 1.29 is 0 Å². The normalized spacial score (nSPS) is 19.5. The average molecular weight is 290 g/mol. The first-order valence-corrected chi connectivity index (χ1v) is 8.28. The molecule has 1 fully saturated rings. The molecule has 2 rings (SSSR count). The Morgan fingerprint density at radius 3 is 2.86 bits per heavy atom. The molecular formula is C17H30N4. The number of nitrogens with zero attached hydrogens (tertiary/aromatic N) is 4. The Bertz CT molecular complexity index is 448. The van der Waals surface area contributed by atoms with E-state index in [4.69, 9.17) is 0 Å². The van der Waals surface area contributed by atoms with Gasteiger partial charge in [0.25, 0.3) is 0 Å². The average Bonchev–Trinajstić information content (AvgIpc) is 3.04. The topological polar surface area (TPSA) is 24.3 Å². The van der Waals surface area contributed by atoms with Gasteiger partial charge in [-0.05, 0) is 39.4 Å². The van der Waals surface area contributed by atoms with Crippen molar-refractivity contribution >= 4 is 0 Å². The summed E-state index contributed by atoms with van der Waals surface area (Å²) in [5.41, 5.74) is 2.52. The zero-order valence-corrected chi connectivity index (χ0v) is 13.9. The highest BCUT2D eigenvalue weighted by Gasteiger charge is 2.26. The predicted octanol–water partition coefficient (Wildman–Crippen LogP) is 2.68. The van der Waals surface area contributed by atoms with Gasteiger partial charge in [0.15, 0.2) is 0 Å². The number of aryl methyl sites for hydroxylation is 1. The fourth-order valence-electron chi connectivity index (χ4n) is 3.25. The van der Waals surface area contributed by atoms with Crippen LogP contribution in [0, 0.1) is 6.92 Å². The predicted molar refractivity (Wildman–Crippen MR) is 88.4 cm³/mol. The minimum atomic E-state index is 0.701. The van der Waals surface area contributed by atoms with Gasteiger partial charge in [-0.25, -0.2) is 0 Å². The van der Waals surface area contributed by atoms with E-state index in [9.17, 15) is 0 Å². The second kappa shape index (κ2) is 7.76. The molecule has 0 aromatic carbocycles. The molecule has 1 atom stereocenters. The number of allylic oxidation sites excluding steroid dienone is 1. The first-order valence-electron chi connectivity index (χ1n) is 8.28. The van der Waals surface area contributed by atoms with Crippen LogP contribution in [0.3, 0.4) is 0 Å². The number of rotatable bonds is 8. The van der Waals surface area contributed by atoms with Gasteiger partial charge in [0.1, 0.15) is 0 Å². The number of likely N-dealkylation sites (tertiary alicyclic amines) is 1. The van der Waals surface area contributed by atoms with Crippen molar-refractivity contribution in [2.75, 3.05) is 26.2 Å². The lowest BCUT2D eigenvalue weighted by Crippen LogP contribution is -2.40. The van der Waals surface area contributed by atoms with Crippen molar-refractivity contribution in [1.29, 1.82) is 0 Å². The van der Waals surface area contributed by atoms with Gasteiger partial charge in [0.05, 0.1) is 12.2 Å². The molecule has 21 heavy (non-hydrogen) atoms. The first kappa shape index (κ1) is 16.2. The van der Waals surface area contributed by atoms with Gasteiger partial charge < -0.3 is 4.90 Å². The van der Waals surface area contributed by atoms with Gasteiger partial charge in [0.2, 0.25) is 0 Å². The third-order valence-corrected chi connectivity index (χ3v) is 4.60. The summed E-state index contributed by atoms with van der Waals surface area (Å²) in [6, 6.07) is 0.701. The van der Waals surface area contributed by atoms with E-state index in [1.807, 2.05) is 10.8 Å². The number of likely N-dealkylation sites (N-methyl/N-ethyl adjacent to an activating group) is 1. The van der Waals surface area contributed by atoms with Crippen LogP contribution in [0.15, 0.2) is 18.9 Å². The molecule has 0 saturated carbocycles. The molecule has 118 valence electrons. The molecule has 1 aliphatic rings. The molecule has 0 bridgehead atoms. The zero-order valence-electron chi connectivity index (χ0n) is 13.9. The highest BCUT2D eigenvalue weighted by atomic mass is 15.3. The SMILES string of the molecule is C=CCn1cc(CN2CCC[C@@H]2CN(CC)CC)c(C)n1. The Labute approximate surface area is 129 Å². The van der Waals surface area contributed by atoms with Crippen LogP contribution in [0.5, 0.6) is 0 Å². The van der Waals surface area contributed by atoms with E-state index >= 15 is 0 Å². The van der Waals surface area contributed by atoms with Crippen molar-refractivity contribution in [3.8, 4) is 0 Å². The number of hydrogen-bond donors (Lipinski definition) is 0. The Hall–Kier alpha value is -1.13. The smallest absolute Gasteiger partial charge is 0.0638 e. The summed E-state index contributed by atoms with van der Waals surface area (Å²) in [4.78, 5) is 5.18. The molecule has 2 heterocycles. The van der Waals surface area contributed by atoms with Gasteiger partial charge in [-0.1, -0.05) is 19.9 Å². The van der Waals surface area contributed by atoms with E-state index in [1.165, 1.54) is 31.5 Å². The zero-order chi connectivity index (χ0) is 15.2. The summed E-state index contributed by atoms with van der Waals surface area (Å²) in [6.07, 6.45) is 6.74. The van der Waals surface area contributed by atoms with E-state index in [0.717, 1.165) is 31.9 Å². The van der Waals surface area contributed by atoms with Crippen LogP contribution in [0.1, 0.15) is 37.9 Å². The minimum Gasteiger partial charge on any atom is -0.302 e. The molecule has 1 saturated heterocycles. The molecule has 0 amide bonds. The van der Waals surface area contributed by atoms with E-state index in [-0.39, 0.29) is 0 Å². The van der Waals surface area contributed by atoms with Crippen molar-refractivity contribution in [3.05, 3.63) is 30.1 Å². The van der Waals surface area contributed by atoms with Crippen LogP contribution >= 0.6 is 0 Å². The van der Waals surface area contributed by atoms with Gasteiger partial charge in [-0.2, -0.15) is 5.10 Å². The maximum Gasteiger partial charge on any atom is 0.0638 e. The summed E-state index contributed by atoms with van der Waals surface area (Å²) >= 11 is 0. The van der Waals surface area contributed by atoms with E-state index in [0.29, 0.717) is 6.04 Å². The molecule has 0 N–H and O–H groups in total. The van der Waals surface area contributed by atoms with Crippen molar-refractivity contribution in [2.24, 2.45) is 0 Å². The molecule has 0 unspecified atom stereocenters. The third-order valence-electron chi connectivity index (χ3n) is 4.60. The molecule has 1 aromatic heterocycles. The van der Waals surface area contributed by atoms with E-state index in [1.54, 1.807) is 0 Å². The molecule has 0 spiro atoms. The van der Waals surface area contributed by atoms with Crippen molar-refractivity contribution in [3.63, 3.8) is 0 Å².